The fourth-order valence-corrected chi connectivity index (χ4v) is 3.22. The lowest BCUT2D eigenvalue weighted by Crippen LogP contribution is -2.24. The predicted octanol–water partition coefficient (Wildman–Crippen LogP) is 2.97. The van der Waals surface area contributed by atoms with Gasteiger partial charge in [-0.25, -0.2) is 9.78 Å². The third-order valence-corrected chi connectivity index (χ3v) is 4.59. The molecule has 1 aromatic heterocycles. The number of anilines is 1. The van der Waals surface area contributed by atoms with Gasteiger partial charge in [0.2, 0.25) is 5.62 Å². The number of alkyl halides is 3. The number of carbonyl (C=O) groups is 3. The van der Waals surface area contributed by atoms with E-state index in [1.54, 1.807) is 18.2 Å². The Labute approximate surface area is 185 Å². The number of Topliss-reactive ketones (excluding diaryl/α,β-unsaturated/α-hetero) is 1. The van der Waals surface area contributed by atoms with Gasteiger partial charge in [0.15, 0.2) is 0 Å². The second-order valence-electron chi connectivity index (χ2n) is 7.16. The molecule has 0 fully saturated rings. The standard InChI is InChI=1S/C20H18N4O2.C2HF3O2/c1-13(25)11-14-5-4-6-15(12-14)19(26)23-20-22-17-8-3-2-7-16(17)18-21-9-10-24(18)20;3-2(4,5)1(6)7/h2-8,12,21H,9-11H2,1H3;(H,6,7). The molecule has 172 valence electrons. The summed E-state index contributed by atoms with van der Waals surface area (Å²) in [5, 5.41) is 11.5. The number of carboxylic acid groups (broad SMARTS) is 1. The first kappa shape index (κ1) is 23.6. The highest BCUT2D eigenvalue weighted by Gasteiger charge is 2.38. The van der Waals surface area contributed by atoms with Crippen LogP contribution in [-0.2, 0) is 22.6 Å². The molecule has 1 aliphatic rings. The maximum atomic E-state index is 12.7. The van der Waals surface area contributed by atoms with E-state index in [0.717, 1.165) is 28.8 Å². The number of hydrogen-bond acceptors (Lipinski definition) is 5. The summed E-state index contributed by atoms with van der Waals surface area (Å²) in [4.78, 5) is 41.7. The first-order valence-corrected chi connectivity index (χ1v) is 9.77. The van der Waals surface area contributed by atoms with E-state index >= 15 is 0 Å². The number of benzene rings is 2. The molecule has 11 heteroatoms. The van der Waals surface area contributed by atoms with E-state index in [0.29, 0.717) is 24.1 Å². The molecule has 33 heavy (non-hydrogen) atoms. The van der Waals surface area contributed by atoms with Gasteiger partial charge in [-0.15, -0.1) is 0 Å². The lowest BCUT2D eigenvalue weighted by atomic mass is 10.1. The number of ketones is 1. The highest BCUT2D eigenvalue weighted by Crippen LogP contribution is 2.22. The third-order valence-electron chi connectivity index (χ3n) is 4.59. The zero-order chi connectivity index (χ0) is 24.2. The predicted molar refractivity (Wildman–Crippen MR) is 113 cm³/mol. The molecule has 0 atom stereocenters. The maximum Gasteiger partial charge on any atom is 0.490 e. The van der Waals surface area contributed by atoms with E-state index in [4.69, 9.17) is 9.90 Å². The number of nitrogens with one attached hydrogen (secondary N) is 1. The van der Waals surface area contributed by atoms with Crippen LogP contribution in [0.5, 0.6) is 0 Å². The second kappa shape index (κ2) is 9.63. The van der Waals surface area contributed by atoms with Crippen LogP contribution in [0, 0.1) is 0 Å². The van der Waals surface area contributed by atoms with Gasteiger partial charge in [-0.05, 0) is 36.8 Å². The summed E-state index contributed by atoms with van der Waals surface area (Å²) < 4.78 is 33.7. The van der Waals surface area contributed by atoms with Crippen molar-refractivity contribution in [1.82, 2.24) is 9.55 Å². The number of nitrogens with zero attached hydrogens (tertiary/aromatic N) is 3. The zero-order valence-electron chi connectivity index (χ0n) is 17.4. The number of aliphatic carboxylic acids is 1. The number of aromatic nitrogens is 2. The Kier molecular flexibility index (Phi) is 6.90. The molecule has 2 N–H and O–H groups in total. The molecule has 0 saturated carbocycles. The molecule has 1 aliphatic heterocycles. The van der Waals surface area contributed by atoms with Gasteiger partial charge in [-0.3, -0.25) is 14.2 Å². The largest absolute Gasteiger partial charge is 0.490 e. The van der Waals surface area contributed by atoms with Gasteiger partial charge in [-0.1, -0.05) is 24.3 Å². The van der Waals surface area contributed by atoms with Crippen molar-refractivity contribution in [2.45, 2.75) is 26.1 Å². The number of carboxylic acids is 1. The molecular formula is C22H19F3N4O4. The van der Waals surface area contributed by atoms with Gasteiger partial charge in [0.25, 0.3) is 5.91 Å². The van der Waals surface area contributed by atoms with Gasteiger partial charge in [0, 0.05) is 30.5 Å². The van der Waals surface area contributed by atoms with E-state index < -0.39 is 12.1 Å². The molecule has 0 saturated heterocycles. The minimum Gasteiger partial charge on any atom is -0.475 e. The Hall–Kier alpha value is -4.02. The summed E-state index contributed by atoms with van der Waals surface area (Å²) in [7, 11) is 0. The van der Waals surface area contributed by atoms with Gasteiger partial charge < -0.3 is 10.4 Å². The lowest BCUT2D eigenvalue weighted by Gasteiger charge is -2.07. The van der Waals surface area contributed by atoms with Gasteiger partial charge in [0.05, 0.1) is 5.52 Å². The fourth-order valence-electron chi connectivity index (χ4n) is 3.22. The Morgan fingerprint density at radius 1 is 1.15 bits per heavy atom. The number of fused-ring (bicyclic) bond motifs is 3. The Morgan fingerprint density at radius 2 is 1.85 bits per heavy atom. The van der Waals surface area contributed by atoms with Crippen LogP contribution in [0.4, 0.5) is 19.0 Å². The number of halogens is 3. The molecule has 0 spiro atoms. The monoisotopic (exact) mass is 460 g/mol. The van der Waals surface area contributed by atoms with Gasteiger partial charge >= 0.3 is 12.1 Å². The molecule has 0 bridgehead atoms. The van der Waals surface area contributed by atoms with Crippen LogP contribution in [0.15, 0.2) is 53.5 Å². The molecule has 2 aromatic carbocycles. The maximum absolute atomic E-state index is 12.7. The lowest BCUT2D eigenvalue weighted by molar-refractivity contribution is -0.192. The van der Waals surface area contributed by atoms with Crippen molar-refractivity contribution < 1.29 is 32.7 Å². The minimum absolute atomic E-state index is 0.0576. The van der Waals surface area contributed by atoms with Crippen molar-refractivity contribution in [3.05, 3.63) is 65.3 Å². The van der Waals surface area contributed by atoms with Crippen molar-refractivity contribution in [3.63, 3.8) is 0 Å². The van der Waals surface area contributed by atoms with Gasteiger partial charge in [-0.2, -0.15) is 18.2 Å². The molecule has 0 aliphatic carbocycles. The molecule has 0 radical (unpaired) electrons. The highest BCUT2D eigenvalue weighted by atomic mass is 19.4. The molecule has 2 heterocycles. The average molecular weight is 460 g/mol. The van der Waals surface area contributed by atoms with Crippen molar-refractivity contribution in [2.75, 3.05) is 11.9 Å². The first-order chi connectivity index (χ1) is 15.6. The normalized spacial score (nSPS) is 13.0. The quantitative estimate of drug-likeness (QED) is 0.621. The topological polar surface area (TPSA) is 114 Å². The first-order valence-electron chi connectivity index (χ1n) is 9.77. The smallest absolute Gasteiger partial charge is 0.475 e. The SMILES string of the molecule is CC(=O)Cc1cccc(C(=O)N=c2nc3ccccc3c3n2CCN3)c1.O=C(O)C(F)(F)F. The third kappa shape index (κ3) is 5.82. The van der Waals surface area contributed by atoms with Crippen LogP contribution < -0.4 is 10.9 Å². The number of hydrogen-bond donors (Lipinski definition) is 2. The van der Waals surface area contributed by atoms with Crippen molar-refractivity contribution in [2.24, 2.45) is 4.99 Å². The van der Waals surface area contributed by atoms with Crippen LogP contribution in [0.1, 0.15) is 22.8 Å². The summed E-state index contributed by atoms with van der Waals surface area (Å²) in [6.07, 6.45) is -4.77. The highest BCUT2D eigenvalue weighted by molar-refractivity contribution is 5.95. The van der Waals surface area contributed by atoms with E-state index in [9.17, 15) is 22.8 Å². The van der Waals surface area contributed by atoms with Crippen LogP contribution in [0.3, 0.4) is 0 Å². The van der Waals surface area contributed by atoms with E-state index in [1.165, 1.54) is 6.92 Å². The summed E-state index contributed by atoms with van der Waals surface area (Å²) in [5.41, 5.74) is 2.46. The number of rotatable bonds is 3. The average Bonchev–Trinajstić information content (AvgIpc) is 3.24. The number of amides is 1. The van der Waals surface area contributed by atoms with Crippen molar-refractivity contribution >= 4 is 34.4 Å². The van der Waals surface area contributed by atoms with Crippen molar-refractivity contribution in [1.29, 1.82) is 0 Å². The Morgan fingerprint density at radius 3 is 2.52 bits per heavy atom. The summed E-state index contributed by atoms with van der Waals surface area (Å²) >= 11 is 0. The zero-order valence-corrected chi connectivity index (χ0v) is 17.4. The van der Waals surface area contributed by atoms with E-state index in [-0.39, 0.29) is 11.7 Å². The minimum atomic E-state index is -5.08. The van der Waals surface area contributed by atoms with Crippen molar-refractivity contribution in [3.8, 4) is 0 Å². The van der Waals surface area contributed by atoms with Gasteiger partial charge in [0.1, 0.15) is 11.6 Å². The van der Waals surface area contributed by atoms with E-state index in [2.05, 4.69) is 15.3 Å². The summed E-state index contributed by atoms with van der Waals surface area (Å²) in [5.74, 6) is -2.12. The molecule has 3 aromatic rings. The Bertz CT molecular complexity index is 1300. The van der Waals surface area contributed by atoms with Crippen LogP contribution in [0.25, 0.3) is 10.9 Å². The summed E-state index contributed by atoms with van der Waals surface area (Å²) in [6, 6.07) is 14.8. The molecule has 1 amide bonds. The second-order valence-corrected chi connectivity index (χ2v) is 7.16. The number of carbonyl (C=O) groups excluding carboxylic acids is 2. The summed E-state index contributed by atoms with van der Waals surface area (Å²) in [6.45, 7) is 3.02. The molecule has 8 nitrogen and oxygen atoms in total. The van der Waals surface area contributed by atoms with Crippen LogP contribution in [0.2, 0.25) is 0 Å². The van der Waals surface area contributed by atoms with Crippen LogP contribution in [-0.4, -0.2) is 45.0 Å². The molecule has 4 rings (SSSR count). The number of para-hydroxylation sites is 1. The van der Waals surface area contributed by atoms with E-state index in [1.807, 2.05) is 34.9 Å². The fraction of sp³-hybridized carbons (Fsp3) is 0.227. The Balaban J connectivity index is 0.000000383. The molecular weight excluding hydrogens is 441 g/mol. The van der Waals surface area contributed by atoms with Crippen LogP contribution >= 0.6 is 0 Å². The molecule has 0 unspecified atom stereocenters.